The van der Waals surface area contributed by atoms with Crippen LogP contribution in [0.5, 0.6) is 0 Å². The van der Waals surface area contributed by atoms with Gasteiger partial charge in [0.05, 0.1) is 12.6 Å². The lowest BCUT2D eigenvalue weighted by atomic mass is 9.58. The van der Waals surface area contributed by atoms with Crippen molar-refractivity contribution in [2.75, 3.05) is 20.2 Å². The standard InChI is InChI=1S/C22H35N5O3/c1-5-22(6-2)17(12-18(22)30-7-3)27-21(24-4)26-13-15-8-10-16(11-9-15)20(29)25-14-19(23)28/h8-11,17-18H,5-7,12-14H2,1-4H3,(H2,23,28)(H,25,29)(H2,24,26,27). The van der Waals surface area contributed by atoms with Crippen LogP contribution >= 0.6 is 0 Å². The van der Waals surface area contributed by atoms with E-state index in [-0.39, 0.29) is 17.9 Å². The first kappa shape index (κ1) is 23.7. The molecule has 0 aliphatic heterocycles. The molecule has 1 fully saturated rings. The Labute approximate surface area is 179 Å². The highest BCUT2D eigenvalue weighted by Gasteiger charge is 2.53. The topological polar surface area (TPSA) is 118 Å². The number of benzene rings is 1. The van der Waals surface area contributed by atoms with Gasteiger partial charge in [0.2, 0.25) is 5.91 Å². The Balaban J connectivity index is 1.90. The second-order valence-corrected chi connectivity index (χ2v) is 7.59. The minimum absolute atomic E-state index is 0.132. The van der Waals surface area contributed by atoms with E-state index >= 15 is 0 Å². The van der Waals surface area contributed by atoms with Gasteiger partial charge in [0.25, 0.3) is 5.91 Å². The molecule has 1 aromatic carbocycles. The molecule has 0 aromatic heterocycles. The van der Waals surface area contributed by atoms with E-state index in [1.165, 1.54) is 0 Å². The second kappa shape index (κ2) is 11.0. The van der Waals surface area contributed by atoms with Gasteiger partial charge in [-0.15, -0.1) is 0 Å². The molecular formula is C22H35N5O3. The van der Waals surface area contributed by atoms with Crippen molar-refractivity contribution < 1.29 is 14.3 Å². The van der Waals surface area contributed by atoms with Crippen molar-refractivity contribution in [1.82, 2.24) is 16.0 Å². The maximum absolute atomic E-state index is 12.0. The van der Waals surface area contributed by atoms with E-state index in [1.54, 1.807) is 19.2 Å². The fourth-order valence-electron chi connectivity index (χ4n) is 4.17. The van der Waals surface area contributed by atoms with Gasteiger partial charge >= 0.3 is 0 Å². The molecule has 2 atom stereocenters. The Morgan fingerprint density at radius 2 is 1.83 bits per heavy atom. The number of rotatable bonds is 10. The normalized spacial score (nSPS) is 20.2. The maximum Gasteiger partial charge on any atom is 0.251 e. The zero-order valence-corrected chi connectivity index (χ0v) is 18.5. The summed E-state index contributed by atoms with van der Waals surface area (Å²) in [5, 5.41) is 9.38. The van der Waals surface area contributed by atoms with E-state index in [0.717, 1.165) is 37.4 Å². The lowest BCUT2D eigenvalue weighted by molar-refractivity contribution is -0.133. The van der Waals surface area contributed by atoms with Crippen molar-refractivity contribution in [1.29, 1.82) is 0 Å². The zero-order valence-electron chi connectivity index (χ0n) is 18.5. The number of nitrogens with zero attached hydrogens (tertiary/aromatic N) is 1. The summed E-state index contributed by atoms with van der Waals surface area (Å²) in [5.41, 5.74) is 6.67. The highest BCUT2D eigenvalue weighted by Crippen LogP contribution is 2.48. The van der Waals surface area contributed by atoms with Gasteiger partial charge in [-0.05, 0) is 43.9 Å². The highest BCUT2D eigenvalue weighted by molar-refractivity contribution is 5.96. The average molecular weight is 418 g/mol. The summed E-state index contributed by atoms with van der Waals surface area (Å²) in [4.78, 5) is 27.1. The molecule has 1 aliphatic carbocycles. The number of aliphatic imine (C=N–C) groups is 1. The van der Waals surface area contributed by atoms with Crippen molar-refractivity contribution in [3.05, 3.63) is 35.4 Å². The van der Waals surface area contributed by atoms with Gasteiger partial charge in [0.15, 0.2) is 5.96 Å². The Hall–Kier alpha value is -2.61. The lowest BCUT2D eigenvalue weighted by Crippen LogP contribution is -2.65. The Bertz CT molecular complexity index is 744. The lowest BCUT2D eigenvalue weighted by Gasteiger charge is -2.55. The van der Waals surface area contributed by atoms with Crippen LogP contribution in [0.3, 0.4) is 0 Å². The number of nitrogens with two attached hydrogens (primary N) is 1. The van der Waals surface area contributed by atoms with E-state index in [1.807, 2.05) is 19.1 Å². The summed E-state index contributed by atoms with van der Waals surface area (Å²) in [7, 11) is 1.76. The summed E-state index contributed by atoms with van der Waals surface area (Å²) in [6, 6.07) is 7.52. The molecule has 166 valence electrons. The molecule has 8 nitrogen and oxygen atoms in total. The number of guanidine groups is 1. The Kier molecular flexibility index (Phi) is 8.65. The van der Waals surface area contributed by atoms with Gasteiger partial charge in [-0.1, -0.05) is 26.0 Å². The molecule has 2 amide bonds. The second-order valence-electron chi connectivity index (χ2n) is 7.59. The van der Waals surface area contributed by atoms with E-state index in [9.17, 15) is 9.59 Å². The molecule has 5 N–H and O–H groups in total. The number of ether oxygens (including phenoxy) is 1. The molecule has 0 radical (unpaired) electrons. The van der Waals surface area contributed by atoms with Crippen LogP contribution < -0.4 is 21.7 Å². The third-order valence-corrected chi connectivity index (χ3v) is 6.10. The first-order valence-corrected chi connectivity index (χ1v) is 10.6. The molecule has 0 heterocycles. The van der Waals surface area contributed by atoms with Crippen molar-refractivity contribution in [3.63, 3.8) is 0 Å². The molecular weight excluding hydrogens is 382 g/mol. The third kappa shape index (κ3) is 5.50. The molecule has 30 heavy (non-hydrogen) atoms. The number of carbonyl (C=O) groups excluding carboxylic acids is 2. The van der Waals surface area contributed by atoms with Crippen molar-refractivity contribution in [2.24, 2.45) is 16.1 Å². The van der Waals surface area contributed by atoms with Crippen LogP contribution in [0.15, 0.2) is 29.3 Å². The molecule has 0 bridgehead atoms. The summed E-state index contributed by atoms with van der Waals surface area (Å²) >= 11 is 0. The maximum atomic E-state index is 12.0. The first-order chi connectivity index (χ1) is 14.4. The Morgan fingerprint density at radius 3 is 2.37 bits per heavy atom. The number of primary amides is 1. The van der Waals surface area contributed by atoms with Gasteiger partial charge in [-0.25, -0.2) is 0 Å². The van der Waals surface area contributed by atoms with Crippen LogP contribution in [0.25, 0.3) is 0 Å². The monoisotopic (exact) mass is 417 g/mol. The minimum atomic E-state index is -0.572. The van der Waals surface area contributed by atoms with Crippen molar-refractivity contribution in [2.45, 2.75) is 58.7 Å². The number of hydrogen-bond acceptors (Lipinski definition) is 4. The number of carbonyl (C=O) groups is 2. The first-order valence-electron chi connectivity index (χ1n) is 10.6. The summed E-state index contributed by atoms with van der Waals surface area (Å²) < 4.78 is 5.95. The minimum Gasteiger partial charge on any atom is -0.378 e. The molecule has 2 unspecified atom stereocenters. The predicted octanol–water partition coefficient (Wildman–Crippen LogP) is 1.55. The van der Waals surface area contributed by atoms with Crippen LogP contribution in [0.1, 0.15) is 56.0 Å². The molecule has 2 rings (SSSR count). The molecule has 1 saturated carbocycles. The molecule has 8 heteroatoms. The molecule has 0 spiro atoms. The van der Waals surface area contributed by atoms with Crippen LogP contribution in [0.4, 0.5) is 0 Å². The average Bonchev–Trinajstić information content (AvgIpc) is 2.74. The van der Waals surface area contributed by atoms with Crippen LogP contribution in [-0.2, 0) is 16.1 Å². The highest BCUT2D eigenvalue weighted by atomic mass is 16.5. The number of hydrogen-bond donors (Lipinski definition) is 4. The summed E-state index contributed by atoms with van der Waals surface area (Å²) in [5.74, 6) is -0.142. The van der Waals surface area contributed by atoms with E-state index in [0.29, 0.717) is 24.3 Å². The smallest absolute Gasteiger partial charge is 0.251 e. The van der Waals surface area contributed by atoms with Gasteiger partial charge < -0.3 is 26.4 Å². The van der Waals surface area contributed by atoms with Crippen LogP contribution in [0, 0.1) is 5.41 Å². The van der Waals surface area contributed by atoms with Crippen molar-refractivity contribution in [3.8, 4) is 0 Å². The molecule has 0 saturated heterocycles. The van der Waals surface area contributed by atoms with Gasteiger partial charge in [0.1, 0.15) is 0 Å². The predicted molar refractivity (Wildman–Crippen MR) is 118 cm³/mol. The van der Waals surface area contributed by atoms with Gasteiger partial charge in [0, 0.05) is 37.2 Å². The van der Waals surface area contributed by atoms with E-state index in [4.69, 9.17) is 10.5 Å². The van der Waals surface area contributed by atoms with Crippen LogP contribution in [-0.4, -0.2) is 50.1 Å². The van der Waals surface area contributed by atoms with Crippen LogP contribution in [0.2, 0.25) is 0 Å². The molecule has 1 aromatic rings. The Morgan fingerprint density at radius 1 is 1.17 bits per heavy atom. The van der Waals surface area contributed by atoms with E-state index in [2.05, 4.69) is 34.8 Å². The largest absolute Gasteiger partial charge is 0.378 e. The van der Waals surface area contributed by atoms with E-state index < -0.39 is 5.91 Å². The SMILES string of the molecule is CCOC1CC(NC(=NC)NCc2ccc(C(=O)NCC(N)=O)cc2)C1(CC)CC. The quantitative estimate of drug-likeness (QED) is 0.340. The fraction of sp³-hybridized carbons (Fsp3) is 0.591. The summed E-state index contributed by atoms with van der Waals surface area (Å²) in [6.07, 6.45) is 3.39. The zero-order chi connectivity index (χ0) is 22.1. The third-order valence-electron chi connectivity index (χ3n) is 6.10. The van der Waals surface area contributed by atoms with Crippen molar-refractivity contribution >= 4 is 17.8 Å². The fourth-order valence-corrected chi connectivity index (χ4v) is 4.17. The van der Waals surface area contributed by atoms with Gasteiger partial charge in [-0.2, -0.15) is 0 Å². The summed E-state index contributed by atoms with van der Waals surface area (Å²) in [6.45, 7) is 7.64. The number of amides is 2. The molecule has 1 aliphatic rings. The number of nitrogens with one attached hydrogen (secondary N) is 3. The van der Waals surface area contributed by atoms with Gasteiger partial charge in [-0.3, -0.25) is 14.6 Å².